The van der Waals surface area contributed by atoms with Crippen molar-refractivity contribution in [2.24, 2.45) is 10.2 Å². The number of rotatable bonds is 3. The fourth-order valence-electron chi connectivity index (χ4n) is 1.94. The van der Waals surface area contributed by atoms with E-state index in [0.29, 0.717) is 33.7 Å². The van der Waals surface area contributed by atoms with Crippen LogP contribution in [0.4, 0.5) is 0 Å². The van der Waals surface area contributed by atoms with Gasteiger partial charge in [0.05, 0.1) is 25.1 Å². The summed E-state index contributed by atoms with van der Waals surface area (Å²) in [5.41, 5.74) is 3.78. The van der Waals surface area contributed by atoms with Gasteiger partial charge in [0.25, 0.3) is 0 Å². The van der Waals surface area contributed by atoms with E-state index in [1.807, 2.05) is 0 Å². The maximum Gasteiger partial charge on any atom is 0.181 e. The number of nitrogens with zero attached hydrogens (tertiary/aromatic N) is 8. The van der Waals surface area contributed by atoms with Crippen LogP contribution < -0.4 is 0 Å². The molecular formula is C12H8N10. The Bertz CT molecular complexity index is 913. The third-order valence-electron chi connectivity index (χ3n) is 2.93. The molecule has 2 N–H and O–H groups in total. The van der Waals surface area contributed by atoms with Crippen molar-refractivity contribution in [3.05, 3.63) is 36.7 Å². The van der Waals surface area contributed by atoms with Crippen LogP contribution in [0.5, 0.6) is 0 Å². The first kappa shape index (κ1) is 12.2. The molecule has 0 saturated carbocycles. The summed E-state index contributed by atoms with van der Waals surface area (Å²) in [7, 11) is 0. The largest absolute Gasteiger partial charge is 0.341 e. The highest BCUT2D eigenvalue weighted by Gasteiger charge is 2.03. The summed E-state index contributed by atoms with van der Waals surface area (Å²) in [6.45, 7) is 0. The van der Waals surface area contributed by atoms with Crippen molar-refractivity contribution < 1.29 is 0 Å². The van der Waals surface area contributed by atoms with E-state index in [1.54, 1.807) is 12.7 Å². The van der Waals surface area contributed by atoms with Crippen LogP contribution in [-0.4, -0.2) is 52.3 Å². The minimum Gasteiger partial charge on any atom is -0.341 e. The normalized spacial score (nSPS) is 12.2. The Kier molecular flexibility index (Phi) is 2.82. The summed E-state index contributed by atoms with van der Waals surface area (Å²) >= 11 is 0. The second kappa shape index (κ2) is 5.09. The molecular weight excluding hydrogens is 284 g/mol. The summed E-state index contributed by atoms with van der Waals surface area (Å²) in [5.74, 6) is 0. The Hall–Kier alpha value is -3.56. The molecule has 0 amide bonds. The zero-order valence-electron chi connectivity index (χ0n) is 11.0. The SMILES string of the molecule is C(=NN=Cc1ncnc2nc[nH]c12)c1ncnc2nc[nH]c12. The maximum absolute atomic E-state index is 4.12. The molecule has 4 aromatic heterocycles. The number of nitrogens with one attached hydrogen (secondary N) is 2. The first-order chi connectivity index (χ1) is 10.9. The van der Waals surface area contributed by atoms with E-state index in [4.69, 9.17) is 0 Å². The van der Waals surface area contributed by atoms with E-state index in [-0.39, 0.29) is 0 Å². The monoisotopic (exact) mass is 292 g/mol. The Morgan fingerprint density at radius 2 is 1.18 bits per heavy atom. The van der Waals surface area contributed by atoms with Gasteiger partial charge in [-0.3, -0.25) is 0 Å². The molecule has 0 aliphatic carbocycles. The number of hydrogen-bond donors (Lipinski definition) is 2. The zero-order chi connectivity index (χ0) is 14.8. The quantitative estimate of drug-likeness (QED) is 0.416. The van der Waals surface area contributed by atoms with E-state index >= 15 is 0 Å². The molecule has 4 rings (SSSR count). The molecule has 0 aliphatic heterocycles. The van der Waals surface area contributed by atoms with Crippen LogP contribution in [-0.2, 0) is 0 Å². The van der Waals surface area contributed by atoms with Crippen molar-refractivity contribution in [1.29, 1.82) is 0 Å². The van der Waals surface area contributed by atoms with Crippen molar-refractivity contribution in [1.82, 2.24) is 39.9 Å². The summed E-state index contributed by atoms with van der Waals surface area (Å²) in [5, 5.41) is 7.94. The number of hydrogen-bond acceptors (Lipinski definition) is 8. The Labute approximate surface area is 122 Å². The predicted molar refractivity (Wildman–Crippen MR) is 78.6 cm³/mol. The van der Waals surface area contributed by atoms with E-state index < -0.39 is 0 Å². The molecule has 22 heavy (non-hydrogen) atoms. The molecule has 0 saturated heterocycles. The lowest BCUT2D eigenvalue weighted by atomic mass is 10.4. The van der Waals surface area contributed by atoms with E-state index in [9.17, 15) is 0 Å². The molecule has 4 aromatic rings. The molecule has 10 nitrogen and oxygen atoms in total. The molecule has 0 spiro atoms. The molecule has 10 heteroatoms. The zero-order valence-corrected chi connectivity index (χ0v) is 11.0. The van der Waals surface area contributed by atoms with Gasteiger partial charge in [-0.2, -0.15) is 10.2 Å². The van der Waals surface area contributed by atoms with Gasteiger partial charge in [0, 0.05) is 0 Å². The maximum atomic E-state index is 4.12. The molecule has 0 aromatic carbocycles. The molecule has 0 radical (unpaired) electrons. The van der Waals surface area contributed by atoms with Crippen molar-refractivity contribution >= 4 is 34.8 Å². The van der Waals surface area contributed by atoms with Crippen LogP contribution in [0, 0.1) is 0 Å². The van der Waals surface area contributed by atoms with Crippen LogP contribution in [0.2, 0.25) is 0 Å². The minimum atomic E-state index is 0.579. The fourth-order valence-corrected chi connectivity index (χ4v) is 1.94. The number of imidazole rings is 2. The number of aromatic nitrogens is 8. The van der Waals surface area contributed by atoms with Crippen LogP contribution in [0.1, 0.15) is 11.4 Å². The topological polar surface area (TPSA) is 134 Å². The first-order valence-electron chi connectivity index (χ1n) is 6.26. The van der Waals surface area contributed by atoms with Crippen molar-refractivity contribution in [3.63, 3.8) is 0 Å². The molecule has 0 aliphatic rings. The molecule has 0 bridgehead atoms. The minimum absolute atomic E-state index is 0.579. The molecule has 4 heterocycles. The molecule has 106 valence electrons. The van der Waals surface area contributed by atoms with Crippen LogP contribution in [0.15, 0.2) is 35.5 Å². The van der Waals surface area contributed by atoms with E-state index in [1.165, 1.54) is 25.1 Å². The van der Waals surface area contributed by atoms with Gasteiger partial charge in [-0.05, 0) is 0 Å². The highest BCUT2D eigenvalue weighted by atomic mass is 15.2. The Balaban J connectivity index is 1.62. The third kappa shape index (κ3) is 2.08. The average molecular weight is 292 g/mol. The van der Waals surface area contributed by atoms with Gasteiger partial charge in [-0.15, -0.1) is 0 Å². The summed E-state index contributed by atoms with van der Waals surface area (Å²) < 4.78 is 0. The fraction of sp³-hybridized carbons (Fsp3) is 0. The van der Waals surface area contributed by atoms with Crippen LogP contribution >= 0.6 is 0 Å². The number of fused-ring (bicyclic) bond motifs is 2. The highest BCUT2D eigenvalue weighted by Crippen LogP contribution is 2.08. The van der Waals surface area contributed by atoms with Crippen LogP contribution in [0.25, 0.3) is 22.3 Å². The average Bonchev–Trinajstić information content (AvgIpc) is 3.20. The van der Waals surface area contributed by atoms with Gasteiger partial charge < -0.3 is 9.97 Å². The van der Waals surface area contributed by atoms with Gasteiger partial charge in [0.15, 0.2) is 11.3 Å². The van der Waals surface area contributed by atoms with Crippen LogP contribution in [0.3, 0.4) is 0 Å². The van der Waals surface area contributed by atoms with E-state index in [0.717, 1.165) is 0 Å². The second-order valence-corrected chi connectivity index (χ2v) is 4.21. The Morgan fingerprint density at radius 1 is 0.682 bits per heavy atom. The number of H-pyrrole nitrogens is 2. The first-order valence-corrected chi connectivity index (χ1v) is 6.26. The predicted octanol–water partition coefficient (Wildman–Crippen LogP) is 0.472. The van der Waals surface area contributed by atoms with Crippen molar-refractivity contribution in [2.75, 3.05) is 0 Å². The lowest BCUT2D eigenvalue weighted by Gasteiger charge is -1.92. The standard InChI is InChI=1S/C12H8N10/c1(7-9-11(17-3-13-7)19-5-15-9)21-22-2-8-10-12(18-4-14-8)20-6-16-10/h1-6H,(H,13,15,17,19)(H,14,16,18,20). The molecule has 0 atom stereocenters. The highest BCUT2D eigenvalue weighted by molar-refractivity contribution is 5.94. The molecule has 0 unspecified atom stereocenters. The Morgan fingerprint density at radius 3 is 1.68 bits per heavy atom. The lowest BCUT2D eigenvalue weighted by Crippen LogP contribution is -1.92. The van der Waals surface area contributed by atoms with Gasteiger partial charge in [0.1, 0.15) is 35.1 Å². The third-order valence-corrected chi connectivity index (χ3v) is 2.93. The van der Waals surface area contributed by atoms with Gasteiger partial charge in [-0.25, -0.2) is 29.9 Å². The van der Waals surface area contributed by atoms with Gasteiger partial charge in [0.2, 0.25) is 0 Å². The summed E-state index contributed by atoms with van der Waals surface area (Å²) in [6, 6.07) is 0. The van der Waals surface area contributed by atoms with Crippen molar-refractivity contribution in [3.8, 4) is 0 Å². The van der Waals surface area contributed by atoms with Gasteiger partial charge in [-0.1, -0.05) is 0 Å². The van der Waals surface area contributed by atoms with E-state index in [2.05, 4.69) is 50.1 Å². The number of aromatic amines is 2. The van der Waals surface area contributed by atoms with Gasteiger partial charge >= 0.3 is 0 Å². The second-order valence-electron chi connectivity index (χ2n) is 4.21. The summed E-state index contributed by atoms with van der Waals surface area (Å²) in [6.07, 6.45) is 8.99. The lowest BCUT2D eigenvalue weighted by molar-refractivity contribution is 1.17. The smallest absolute Gasteiger partial charge is 0.181 e. The van der Waals surface area contributed by atoms with Crippen molar-refractivity contribution in [2.45, 2.75) is 0 Å². The molecule has 0 fully saturated rings. The summed E-state index contributed by atoms with van der Waals surface area (Å²) in [4.78, 5) is 30.3.